The second-order valence-corrected chi connectivity index (χ2v) is 3.12. The van der Waals surface area contributed by atoms with Gasteiger partial charge in [0.05, 0.1) is 0 Å². The lowest BCUT2D eigenvalue weighted by atomic mass is 10.1. The third-order valence-electron chi connectivity index (χ3n) is 2.43. The van der Waals surface area contributed by atoms with Crippen molar-refractivity contribution in [3.63, 3.8) is 0 Å². The molecule has 0 amide bonds. The zero-order valence-electron chi connectivity index (χ0n) is 7.17. The number of pyridine rings is 1. The molecule has 1 aliphatic rings. The molecule has 0 saturated carbocycles. The zero-order valence-corrected chi connectivity index (χ0v) is 7.17. The van der Waals surface area contributed by atoms with E-state index in [0.29, 0.717) is 0 Å². The van der Waals surface area contributed by atoms with Gasteiger partial charge in [0, 0.05) is 19.3 Å². The highest BCUT2D eigenvalue weighted by molar-refractivity contribution is 5.51. The molecule has 0 aromatic carbocycles. The fourth-order valence-corrected chi connectivity index (χ4v) is 1.79. The van der Waals surface area contributed by atoms with Gasteiger partial charge in [-0.15, -0.1) is 0 Å². The fraction of sp³-hybridized carbons (Fsp3) is 0.444. The number of fused-ring (bicyclic) bond motifs is 1. The number of anilines is 1. The lowest BCUT2D eigenvalue weighted by Crippen LogP contribution is -2.05. The van der Waals surface area contributed by atoms with Gasteiger partial charge in [0.1, 0.15) is 5.82 Å². The minimum Gasteiger partial charge on any atom is -0.373 e. The standard InChI is InChI=1S/C9H13N3/c1-11-9-7-2-3-8(10)6(7)4-5-12-9/h4-5,8H,2-3,10H2,1H3,(H,11,12). The highest BCUT2D eigenvalue weighted by atomic mass is 15.0. The average molecular weight is 163 g/mol. The molecule has 12 heavy (non-hydrogen) atoms. The van der Waals surface area contributed by atoms with Crippen LogP contribution >= 0.6 is 0 Å². The van der Waals surface area contributed by atoms with Gasteiger partial charge in [-0.05, 0) is 30.0 Å². The summed E-state index contributed by atoms with van der Waals surface area (Å²) in [4.78, 5) is 4.24. The minimum atomic E-state index is 0.218. The molecular weight excluding hydrogens is 150 g/mol. The molecule has 1 aromatic heterocycles. The largest absolute Gasteiger partial charge is 0.373 e. The molecule has 3 nitrogen and oxygen atoms in total. The summed E-state index contributed by atoms with van der Waals surface area (Å²) in [5.41, 5.74) is 8.47. The van der Waals surface area contributed by atoms with E-state index in [1.165, 1.54) is 11.1 Å². The summed E-state index contributed by atoms with van der Waals surface area (Å²) in [6, 6.07) is 2.24. The van der Waals surface area contributed by atoms with Crippen LogP contribution in [0.1, 0.15) is 23.6 Å². The summed E-state index contributed by atoms with van der Waals surface area (Å²) < 4.78 is 0. The van der Waals surface area contributed by atoms with E-state index in [2.05, 4.69) is 10.3 Å². The first-order valence-electron chi connectivity index (χ1n) is 4.24. The van der Waals surface area contributed by atoms with E-state index in [-0.39, 0.29) is 6.04 Å². The van der Waals surface area contributed by atoms with Crippen molar-refractivity contribution in [2.75, 3.05) is 12.4 Å². The Kier molecular flexibility index (Phi) is 1.73. The highest BCUT2D eigenvalue weighted by Crippen LogP contribution is 2.32. The van der Waals surface area contributed by atoms with Crippen molar-refractivity contribution >= 4 is 5.82 Å². The number of aromatic nitrogens is 1. The summed E-state index contributed by atoms with van der Waals surface area (Å²) >= 11 is 0. The fourth-order valence-electron chi connectivity index (χ4n) is 1.79. The van der Waals surface area contributed by atoms with E-state index in [1.807, 2.05) is 19.3 Å². The normalized spacial score (nSPS) is 20.7. The lowest BCUT2D eigenvalue weighted by Gasteiger charge is -2.07. The molecule has 1 aliphatic carbocycles. The molecule has 0 radical (unpaired) electrons. The van der Waals surface area contributed by atoms with Crippen LogP contribution in [0.2, 0.25) is 0 Å². The summed E-state index contributed by atoms with van der Waals surface area (Å²) in [5.74, 6) is 0.987. The third-order valence-corrected chi connectivity index (χ3v) is 2.43. The van der Waals surface area contributed by atoms with Crippen LogP contribution < -0.4 is 11.1 Å². The van der Waals surface area contributed by atoms with E-state index >= 15 is 0 Å². The molecule has 0 spiro atoms. The number of hydrogen-bond donors (Lipinski definition) is 2. The Morgan fingerprint density at radius 1 is 1.67 bits per heavy atom. The van der Waals surface area contributed by atoms with Crippen molar-refractivity contribution in [1.82, 2.24) is 4.98 Å². The van der Waals surface area contributed by atoms with Crippen LogP contribution in [0.3, 0.4) is 0 Å². The van der Waals surface area contributed by atoms with Crippen LogP contribution in [0.4, 0.5) is 5.82 Å². The predicted octanol–water partition coefficient (Wildman–Crippen LogP) is 1.07. The van der Waals surface area contributed by atoms with Gasteiger partial charge in [0.15, 0.2) is 0 Å². The van der Waals surface area contributed by atoms with Gasteiger partial charge in [-0.1, -0.05) is 0 Å². The first kappa shape index (κ1) is 7.55. The van der Waals surface area contributed by atoms with Crippen LogP contribution in [0.15, 0.2) is 12.3 Å². The Morgan fingerprint density at radius 3 is 3.25 bits per heavy atom. The van der Waals surface area contributed by atoms with Crippen LogP contribution in [-0.2, 0) is 6.42 Å². The average Bonchev–Trinajstić information content (AvgIpc) is 2.48. The molecule has 0 fully saturated rings. The van der Waals surface area contributed by atoms with Gasteiger partial charge in [-0.3, -0.25) is 0 Å². The molecule has 64 valence electrons. The number of rotatable bonds is 1. The molecule has 1 unspecified atom stereocenters. The SMILES string of the molecule is CNc1nccc2c1CCC2N. The van der Waals surface area contributed by atoms with E-state index in [4.69, 9.17) is 5.73 Å². The maximum atomic E-state index is 5.91. The molecule has 1 heterocycles. The van der Waals surface area contributed by atoms with Crippen LogP contribution in [0, 0.1) is 0 Å². The molecule has 3 N–H and O–H groups in total. The monoisotopic (exact) mass is 163 g/mol. The number of nitrogens with one attached hydrogen (secondary N) is 1. The van der Waals surface area contributed by atoms with Crippen molar-refractivity contribution < 1.29 is 0 Å². The van der Waals surface area contributed by atoms with Crippen molar-refractivity contribution in [2.24, 2.45) is 5.73 Å². The third kappa shape index (κ3) is 0.975. The van der Waals surface area contributed by atoms with Gasteiger partial charge in [0.25, 0.3) is 0 Å². The molecular formula is C9H13N3. The Balaban J connectivity index is 2.50. The quantitative estimate of drug-likeness (QED) is 0.651. The maximum absolute atomic E-state index is 5.91. The van der Waals surface area contributed by atoms with Gasteiger partial charge in [-0.25, -0.2) is 4.98 Å². The predicted molar refractivity (Wildman–Crippen MR) is 49.0 cm³/mol. The second kappa shape index (κ2) is 2.75. The van der Waals surface area contributed by atoms with Gasteiger partial charge < -0.3 is 11.1 Å². The van der Waals surface area contributed by atoms with Crippen molar-refractivity contribution in [3.05, 3.63) is 23.4 Å². The molecule has 3 heteroatoms. The molecule has 0 aliphatic heterocycles. The van der Waals surface area contributed by atoms with E-state index < -0.39 is 0 Å². The van der Waals surface area contributed by atoms with Crippen molar-refractivity contribution in [1.29, 1.82) is 0 Å². The van der Waals surface area contributed by atoms with Gasteiger partial charge in [0.2, 0.25) is 0 Å². The van der Waals surface area contributed by atoms with Gasteiger partial charge in [-0.2, -0.15) is 0 Å². The second-order valence-electron chi connectivity index (χ2n) is 3.12. The summed E-state index contributed by atoms with van der Waals surface area (Å²) in [5, 5.41) is 3.08. The summed E-state index contributed by atoms with van der Waals surface area (Å²) in [6.07, 6.45) is 3.92. The van der Waals surface area contributed by atoms with Crippen molar-refractivity contribution in [2.45, 2.75) is 18.9 Å². The van der Waals surface area contributed by atoms with E-state index in [0.717, 1.165) is 18.7 Å². The highest BCUT2D eigenvalue weighted by Gasteiger charge is 2.21. The van der Waals surface area contributed by atoms with E-state index in [1.54, 1.807) is 0 Å². The van der Waals surface area contributed by atoms with Crippen LogP contribution in [0.25, 0.3) is 0 Å². The zero-order chi connectivity index (χ0) is 8.55. The molecule has 1 atom stereocenters. The number of hydrogen-bond acceptors (Lipinski definition) is 3. The molecule has 1 aromatic rings. The smallest absolute Gasteiger partial charge is 0.129 e. The summed E-state index contributed by atoms with van der Waals surface area (Å²) in [6.45, 7) is 0. The molecule has 0 bridgehead atoms. The Labute approximate surface area is 72.0 Å². The summed E-state index contributed by atoms with van der Waals surface area (Å²) in [7, 11) is 1.90. The lowest BCUT2D eigenvalue weighted by molar-refractivity contribution is 0.713. The molecule has 0 saturated heterocycles. The number of nitrogens with zero attached hydrogens (tertiary/aromatic N) is 1. The number of nitrogens with two attached hydrogens (primary N) is 1. The van der Waals surface area contributed by atoms with Crippen LogP contribution in [-0.4, -0.2) is 12.0 Å². The topological polar surface area (TPSA) is 50.9 Å². The Bertz CT molecular complexity index is 296. The Hall–Kier alpha value is -1.09. The molecule has 2 rings (SSSR count). The minimum absolute atomic E-state index is 0.218. The first-order valence-corrected chi connectivity index (χ1v) is 4.24. The maximum Gasteiger partial charge on any atom is 0.129 e. The Morgan fingerprint density at radius 2 is 2.50 bits per heavy atom. The van der Waals surface area contributed by atoms with Crippen molar-refractivity contribution in [3.8, 4) is 0 Å². The first-order chi connectivity index (χ1) is 5.83. The van der Waals surface area contributed by atoms with Crippen LogP contribution in [0.5, 0.6) is 0 Å². The van der Waals surface area contributed by atoms with E-state index in [9.17, 15) is 0 Å². The van der Waals surface area contributed by atoms with Gasteiger partial charge >= 0.3 is 0 Å².